The summed E-state index contributed by atoms with van der Waals surface area (Å²) in [5.74, 6) is -0.297. The van der Waals surface area contributed by atoms with Crippen molar-refractivity contribution in [1.29, 1.82) is 0 Å². The molecule has 3 nitrogen and oxygen atoms in total. The van der Waals surface area contributed by atoms with E-state index in [0.717, 1.165) is 25.9 Å². The van der Waals surface area contributed by atoms with Crippen molar-refractivity contribution in [2.45, 2.75) is 32.1 Å². The summed E-state index contributed by atoms with van der Waals surface area (Å²) in [5, 5.41) is 2.89. The van der Waals surface area contributed by atoms with E-state index < -0.39 is 0 Å². The van der Waals surface area contributed by atoms with Crippen molar-refractivity contribution in [3.05, 3.63) is 28.5 Å². The molecule has 0 atom stereocenters. The van der Waals surface area contributed by atoms with Crippen LogP contribution >= 0.6 is 15.9 Å². The van der Waals surface area contributed by atoms with Gasteiger partial charge in [0.25, 0.3) is 0 Å². The summed E-state index contributed by atoms with van der Waals surface area (Å²) in [6.45, 7) is 1.80. The Morgan fingerprint density at radius 3 is 2.50 bits per heavy atom. The molecule has 1 N–H and O–H groups in total. The van der Waals surface area contributed by atoms with Crippen LogP contribution in [0.3, 0.4) is 0 Å². The predicted octanol–water partition coefficient (Wildman–Crippen LogP) is 3.79. The monoisotopic (exact) mass is 342 g/mol. The van der Waals surface area contributed by atoms with Crippen molar-refractivity contribution in [2.24, 2.45) is 0 Å². The predicted molar refractivity (Wildman–Crippen MR) is 82.3 cm³/mol. The molecule has 1 amide bonds. The highest BCUT2D eigenvalue weighted by Crippen LogP contribution is 2.19. The number of carbonyl (C=O) groups excluding carboxylic acids is 1. The van der Waals surface area contributed by atoms with E-state index in [4.69, 9.17) is 0 Å². The van der Waals surface area contributed by atoms with Gasteiger partial charge in [0.05, 0.1) is 12.2 Å². The van der Waals surface area contributed by atoms with Gasteiger partial charge in [-0.25, -0.2) is 4.39 Å². The fourth-order valence-corrected chi connectivity index (χ4v) is 2.75. The Bertz CT molecular complexity index is 459. The maximum absolute atomic E-state index is 13.6. The van der Waals surface area contributed by atoms with Gasteiger partial charge in [0, 0.05) is 17.6 Å². The summed E-state index contributed by atoms with van der Waals surface area (Å²) in [4.78, 5) is 14.0. The van der Waals surface area contributed by atoms with Gasteiger partial charge in [-0.15, -0.1) is 0 Å². The van der Waals surface area contributed by atoms with Crippen molar-refractivity contribution < 1.29 is 9.18 Å². The lowest BCUT2D eigenvalue weighted by Gasteiger charge is -2.25. The molecule has 2 rings (SSSR count). The Morgan fingerprint density at radius 1 is 1.20 bits per heavy atom. The minimum Gasteiger partial charge on any atom is -0.374 e. The molecule has 1 aliphatic rings. The first-order valence-electron chi connectivity index (χ1n) is 7.13. The number of likely N-dealkylation sites (tertiary alicyclic amines) is 1. The SMILES string of the molecule is O=C(CNc1ccc(Br)cc1F)N1CCCCCCC1. The molecule has 1 aromatic carbocycles. The van der Waals surface area contributed by atoms with Crippen LogP contribution in [0.2, 0.25) is 0 Å². The summed E-state index contributed by atoms with van der Waals surface area (Å²) in [5.41, 5.74) is 0.369. The van der Waals surface area contributed by atoms with E-state index in [-0.39, 0.29) is 18.3 Å². The summed E-state index contributed by atoms with van der Waals surface area (Å²) < 4.78 is 14.3. The van der Waals surface area contributed by atoms with Crippen molar-refractivity contribution >= 4 is 27.5 Å². The first-order chi connectivity index (χ1) is 9.66. The van der Waals surface area contributed by atoms with E-state index in [9.17, 15) is 9.18 Å². The number of nitrogens with zero attached hydrogens (tertiary/aromatic N) is 1. The second-order valence-electron chi connectivity index (χ2n) is 5.13. The van der Waals surface area contributed by atoms with Gasteiger partial charge in [-0.2, -0.15) is 0 Å². The van der Waals surface area contributed by atoms with Crippen LogP contribution in [-0.4, -0.2) is 30.4 Å². The largest absolute Gasteiger partial charge is 0.374 e. The summed E-state index contributed by atoms with van der Waals surface area (Å²) in [6, 6.07) is 4.79. The summed E-state index contributed by atoms with van der Waals surface area (Å²) >= 11 is 3.21. The van der Waals surface area contributed by atoms with Crippen LogP contribution in [0.25, 0.3) is 0 Å². The normalized spacial score (nSPS) is 16.4. The number of hydrogen-bond acceptors (Lipinski definition) is 2. The van der Waals surface area contributed by atoms with Gasteiger partial charge in [0.1, 0.15) is 5.82 Å². The number of carbonyl (C=O) groups is 1. The zero-order valence-corrected chi connectivity index (χ0v) is 13.1. The number of amides is 1. The van der Waals surface area contributed by atoms with Crippen LogP contribution in [0.5, 0.6) is 0 Å². The lowest BCUT2D eigenvalue weighted by molar-refractivity contribution is -0.129. The fraction of sp³-hybridized carbons (Fsp3) is 0.533. The molecule has 0 bridgehead atoms. The molecule has 5 heteroatoms. The Hall–Kier alpha value is -1.10. The Labute approximate surface area is 127 Å². The van der Waals surface area contributed by atoms with E-state index in [1.54, 1.807) is 12.1 Å². The molecule has 0 spiro atoms. The van der Waals surface area contributed by atoms with E-state index >= 15 is 0 Å². The number of benzene rings is 1. The molecular formula is C15H20BrFN2O. The van der Waals surface area contributed by atoms with Crippen molar-refractivity contribution in [3.63, 3.8) is 0 Å². The van der Waals surface area contributed by atoms with Crippen LogP contribution < -0.4 is 5.32 Å². The van der Waals surface area contributed by atoms with E-state index in [0.29, 0.717) is 10.2 Å². The highest BCUT2D eigenvalue weighted by Gasteiger charge is 2.15. The topological polar surface area (TPSA) is 32.3 Å². The lowest BCUT2D eigenvalue weighted by atomic mass is 10.1. The van der Waals surface area contributed by atoms with Gasteiger partial charge < -0.3 is 10.2 Å². The van der Waals surface area contributed by atoms with Gasteiger partial charge in [-0.1, -0.05) is 35.2 Å². The Morgan fingerprint density at radius 2 is 1.85 bits per heavy atom. The summed E-state index contributed by atoms with van der Waals surface area (Å²) in [6.07, 6.45) is 5.79. The third kappa shape index (κ3) is 4.47. The molecule has 1 aromatic rings. The molecule has 0 radical (unpaired) electrons. The van der Waals surface area contributed by atoms with Gasteiger partial charge >= 0.3 is 0 Å². The minimum atomic E-state index is -0.347. The highest BCUT2D eigenvalue weighted by molar-refractivity contribution is 9.10. The summed E-state index contributed by atoms with van der Waals surface area (Å²) in [7, 11) is 0. The van der Waals surface area contributed by atoms with Gasteiger partial charge in [0.2, 0.25) is 5.91 Å². The Balaban J connectivity index is 1.87. The molecule has 1 aliphatic heterocycles. The average Bonchev–Trinajstić information content (AvgIpc) is 2.37. The molecule has 0 aliphatic carbocycles. The molecule has 1 saturated heterocycles. The molecule has 0 saturated carbocycles. The van der Waals surface area contributed by atoms with Crippen LogP contribution in [0.15, 0.2) is 22.7 Å². The number of anilines is 1. The van der Waals surface area contributed by atoms with Crippen LogP contribution in [0.1, 0.15) is 32.1 Å². The van der Waals surface area contributed by atoms with Crippen molar-refractivity contribution in [3.8, 4) is 0 Å². The van der Waals surface area contributed by atoms with Gasteiger partial charge in [-0.3, -0.25) is 4.79 Å². The number of hydrogen-bond donors (Lipinski definition) is 1. The molecular weight excluding hydrogens is 323 g/mol. The highest BCUT2D eigenvalue weighted by atomic mass is 79.9. The van der Waals surface area contributed by atoms with Crippen molar-refractivity contribution in [2.75, 3.05) is 25.0 Å². The molecule has 110 valence electrons. The second-order valence-corrected chi connectivity index (χ2v) is 6.04. The fourth-order valence-electron chi connectivity index (χ4n) is 2.41. The third-order valence-corrected chi connectivity index (χ3v) is 4.06. The molecule has 0 unspecified atom stereocenters. The maximum atomic E-state index is 13.6. The quantitative estimate of drug-likeness (QED) is 0.906. The number of halogens is 2. The number of nitrogens with one attached hydrogen (secondary N) is 1. The molecule has 0 aromatic heterocycles. The van der Waals surface area contributed by atoms with E-state index in [1.165, 1.54) is 25.3 Å². The molecule has 1 fully saturated rings. The van der Waals surface area contributed by atoms with Gasteiger partial charge in [0.15, 0.2) is 0 Å². The smallest absolute Gasteiger partial charge is 0.241 e. The zero-order chi connectivity index (χ0) is 14.4. The molecule has 1 heterocycles. The maximum Gasteiger partial charge on any atom is 0.241 e. The van der Waals surface area contributed by atoms with Gasteiger partial charge in [-0.05, 0) is 31.0 Å². The van der Waals surface area contributed by atoms with Crippen LogP contribution in [0.4, 0.5) is 10.1 Å². The van der Waals surface area contributed by atoms with Crippen LogP contribution in [0, 0.1) is 5.82 Å². The number of rotatable bonds is 3. The first kappa shape index (κ1) is 15.3. The average molecular weight is 343 g/mol. The van der Waals surface area contributed by atoms with Crippen molar-refractivity contribution in [1.82, 2.24) is 4.90 Å². The lowest BCUT2D eigenvalue weighted by Crippen LogP contribution is -2.37. The second kappa shape index (κ2) is 7.62. The first-order valence-corrected chi connectivity index (χ1v) is 7.93. The van der Waals surface area contributed by atoms with Crippen LogP contribution in [-0.2, 0) is 4.79 Å². The Kier molecular flexibility index (Phi) is 5.83. The molecule has 20 heavy (non-hydrogen) atoms. The minimum absolute atomic E-state index is 0.0502. The zero-order valence-electron chi connectivity index (χ0n) is 11.5. The third-order valence-electron chi connectivity index (χ3n) is 3.57. The van der Waals surface area contributed by atoms with E-state index in [2.05, 4.69) is 21.2 Å². The van der Waals surface area contributed by atoms with E-state index in [1.807, 2.05) is 4.90 Å². The standard InChI is InChI=1S/C15H20BrFN2O/c16-12-6-7-14(13(17)10-12)18-11-15(20)19-8-4-2-1-3-5-9-19/h6-7,10,18H,1-5,8-9,11H2.